The largest absolute Gasteiger partial charge is 0.504 e. The van der Waals surface area contributed by atoms with Gasteiger partial charge in [-0.3, -0.25) is 0 Å². The van der Waals surface area contributed by atoms with Crippen LogP contribution in [-0.2, 0) is 19.7 Å². The first-order valence-electron chi connectivity index (χ1n) is 14.6. The normalized spacial score (nSPS) is 11.8. The molecule has 0 atom stereocenters. The van der Waals surface area contributed by atoms with E-state index in [4.69, 9.17) is 9.47 Å². The van der Waals surface area contributed by atoms with Crippen LogP contribution in [0.4, 0.5) is 0 Å². The number of ether oxygens (including phenoxy) is 2. The molecule has 0 unspecified atom stereocenters. The van der Waals surface area contributed by atoms with Crippen LogP contribution >= 0.6 is 0 Å². The molecule has 41 heavy (non-hydrogen) atoms. The second-order valence-corrected chi connectivity index (χ2v) is 14.7. The maximum absolute atomic E-state index is 13.5. The molecule has 0 saturated heterocycles. The number of aryl methyl sites for hydroxylation is 4. The summed E-state index contributed by atoms with van der Waals surface area (Å²) in [5, 5.41) is 0. The molecule has 2 rings (SSSR count). The SMILES string of the molecule is CCCCCCCOc1c(C)cc(S(=O)(=O)C(=[N+]=[N-])S(=O)(=O)c2cc(C)c(OCCCCCCC)c(C)c2)cc1C. The van der Waals surface area contributed by atoms with E-state index in [1.165, 1.54) is 37.1 Å². The lowest BCUT2D eigenvalue weighted by Crippen LogP contribution is -2.26. The topological polar surface area (TPSA) is 123 Å². The highest BCUT2D eigenvalue weighted by Gasteiger charge is 2.44. The van der Waals surface area contributed by atoms with Crippen molar-refractivity contribution in [2.45, 2.75) is 116 Å². The third-order valence-electron chi connectivity index (χ3n) is 7.02. The summed E-state index contributed by atoms with van der Waals surface area (Å²) in [6, 6.07) is 5.40. The van der Waals surface area contributed by atoms with Gasteiger partial charge in [-0.1, -0.05) is 65.2 Å². The van der Waals surface area contributed by atoms with E-state index >= 15 is 0 Å². The van der Waals surface area contributed by atoms with Crippen molar-refractivity contribution in [3.63, 3.8) is 0 Å². The molecule has 0 saturated carbocycles. The molecule has 0 amide bonds. The zero-order chi connectivity index (χ0) is 30.6. The number of rotatable bonds is 16. The quantitative estimate of drug-likeness (QED) is 0.0643. The Morgan fingerprint density at radius 3 is 1.22 bits per heavy atom. The maximum atomic E-state index is 13.5. The summed E-state index contributed by atoms with van der Waals surface area (Å²) in [5.74, 6) is 1.13. The molecule has 8 nitrogen and oxygen atoms in total. The molecule has 10 heteroatoms. The fourth-order valence-electron chi connectivity index (χ4n) is 4.80. The van der Waals surface area contributed by atoms with Gasteiger partial charge in [0.1, 0.15) is 11.5 Å². The summed E-state index contributed by atoms with van der Waals surface area (Å²) in [7, 11) is -9.38. The highest BCUT2D eigenvalue weighted by Crippen LogP contribution is 2.32. The number of benzene rings is 2. The number of sulfone groups is 2. The minimum absolute atomic E-state index is 0.282. The molecule has 2 aromatic rings. The Bertz CT molecular complexity index is 1290. The third kappa shape index (κ3) is 9.15. The molecule has 0 aliphatic heterocycles. The summed E-state index contributed by atoms with van der Waals surface area (Å²) >= 11 is 0. The average molecular weight is 607 g/mol. The van der Waals surface area contributed by atoms with Gasteiger partial charge in [0, 0.05) is 0 Å². The van der Waals surface area contributed by atoms with E-state index < -0.39 is 24.1 Å². The molecule has 0 heterocycles. The van der Waals surface area contributed by atoms with E-state index in [2.05, 4.69) is 18.6 Å². The zero-order valence-electron chi connectivity index (χ0n) is 25.5. The van der Waals surface area contributed by atoms with Crippen LogP contribution in [0.3, 0.4) is 0 Å². The summed E-state index contributed by atoms with van der Waals surface area (Å²) < 4.78 is 64.6. The lowest BCUT2D eigenvalue weighted by atomic mass is 10.1. The fraction of sp³-hybridized carbons (Fsp3) is 0.581. The monoisotopic (exact) mass is 606 g/mol. The van der Waals surface area contributed by atoms with E-state index in [1.54, 1.807) is 27.7 Å². The van der Waals surface area contributed by atoms with Gasteiger partial charge in [0.2, 0.25) is 0 Å². The molecule has 0 radical (unpaired) electrons. The minimum atomic E-state index is -4.69. The Balaban J connectivity index is 2.28. The predicted octanol–water partition coefficient (Wildman–Crippen LogP) is 7.45. The van der Waals surface area contributed by atoms with Crippen molar-refractivity contribution in [1.29, 1.82) is 0 Å². The van der Waals surface area contributed by atoms with Crippen LogP contribution in [0.1, 0.15) is 100 Å². The smallest absolute Gasteiger partial charge is 0.493 e. The lowest BCUT2D eigenvalue weighted by molar-refractivity contribution is 0.00380. The average Bonchev–Trinajstić information content (AvgIpc) is 2.90. The molecule has 2 aromatic carbocycles. The van der Waals surface area contributed by atoms with Crippen LogP contribution in [0, 0.1) is 27.7 Å². The van der Waals surface area contributed by atoms with E-state index in [-0.39, 0.29) is 9.79 Å². The van der Waals surface area contributed by atoms with E-state index in [0.717, 1.165) is 51.4 Å². The van der Waals surface area contributed by atoms with E-state index in [9.17, 15) is 22.4 Å². The molecule has 0 aromatic heterocycles. The van der Waals surface area contributed by atoms with Gasteiger partial charge in [-0.25, -0.2) is 16.8 Å². The molecule has 0 N–H and O–H groups in total. The molecular weight excluding hydrogens is 560 g/mol. The number of unbranched alkanes of at least 4 members (excludes halogenated alkanes) is 8. The van der Waals surface area contributed by atoms with Crippen LogP contribution in [0.15, 0.2) is 34.1 Å². The first kappa shape index (κ1) is 34.5. The first-order chi connectivity index (χ1) is 19.4. The third-order valence-corrected chi connectivity index (χ3v) is 11.1. The Morgan fingerprint density at radius 1 is 0.610 bits per heavy atom. The molecule has 0 spiro atoms. The van der Waals surface area contributed by atoms with Gasteiger partial charge in [-0.2, -0.15) is 0 Å². The molecular formula is C31H46N2O6S2. The summed E-state index contributed by atoms with van der Waals surface area (Å²) in [6.45, 7) is 12.1. The van der Waals surface area contributed by atoms with Crippen LogP contribution in [0.2, 0.25) is 0 Å². The van der Waals surface area contributed by atoms with Gasteiger partial charge in [-0.05, 0) is 87.1 Å². The van der Waals surface area contributed by atoms with Gasteiger partial charge in [-0.15, -0.1) is 4.79 Å². The summed E-state index contributed by atoms with van der Waals surface area (Å²) in [4.78, 5) is 2.23. The molecule has 0 aliphatic carbocycles. The fourth-order valence-corrected chi connectivity index (χ4v) is 8.48. The molecule has 228 valence electrons. The first-order valence-corrected chi connectivity index (χ1v) is 17.6. The van der Waals surface area contributed by atoms with Gasteiger partial charge < -0.3 is 15.0 Å². The second-order valence-electron chi connectivity index (χ2n) is 10.7. The predicted molar refractivity (Wildman–Crippen MR) is 163 cm³/mol. The second kappa shape index (κ2) is 16.1. The van der Waals surface area contributed by atoms with Crippen molar-refractivity contribution < 1.29 is 31.1 Å². The van der Waals surface area contributed by atoms with Gasteiger partial charge >= 0.3 is 4.38 Å². The van der Waals surface area contributed by atoms with Gasteiger partial charge in [0.25, 0.3) is 19.7 Å². The number of hydrogen-bond acceptors (Lipinski definition) is 6. The standard InChI is InChI=1S/C31H46N2O6S2/c1-7-9-11-13-15-17-38-29-23(3)19-27(20-24(29)4)40(34,35)31(33-32)41(36,37)28-21-25(5)30(26(6)22-28)39-18-16-14-12-10-8-2/h19-22H,7-18H2,1-6H3. The van der Waals surface area contributed by atoms with Crippen molar-refractivity contribution in [3.05, 3.63) is 52.1 Å². The van der Waals surface area contributed by atoms with Crippen molar-refractivity contribution in [2.75, 3.05) is 13.2 Å². The Hall–Kier alpha value is -2.68. The molecule has 0 aliphatic rings. The van der Waals surface area contributed by atoms with Crippen molar-refractivity contribution >= 4 is 24.1 Å². The molecule has 0 bridgehead atoms. The highest BCUT2D eigenvalue weighted by molar-refractivity contribution is 8.31. The van der Waals surface area contributed by atoms with E-state index in [0.29, 0.717) is 47.0 Å². The van der Waals surface area contributed by atoms with Crippen molar-refractivity contribution in [2.24, 2.45) is 0 Å². The number of nitrogens with zero attached hydrogens (tertiary/aromatic N) is 2. The van der Waals surface area contributed by atoms with Crippen molar-refractivity contribution in [1.82, 2.24) is 0 Å². The maximum Gasteiger partial charge on any atom is 0.504 e. The van der Waals surface area contributed by atoms with Crippen LogP contribution in [-0.4, -0.2) is 39.2 Å². The Labute approximate surface area is 246 Å². The van der Waals surface area contributed by atoms with Crippen LogP contribution in [0.25, 0.3) is 5.53 Å². The summed E-state index contributed by atoms with van der Waals surface area (Å²) in [6.07, 6.45) is 10.8. The minimum Gasteiger partial charge on any atom is -0.493 e. The van der Waals surface area contributed by atoms with E-state index in [1.807, 2.05) is 0 Å². The Morgan fingerprint density at radius 2 is 0.927 bits per heavy atom. The van der Waals surface area contributed by atoms with Gasteiger partial charge in [0.05, 0.1) is 23.0 Å². The highest BCUT2D eigenvalue weighted by atomic mass is 32.3. The zero-order valence-corrected chi connectivity index (χ0v) is 27.1. The molecule has 0 fully saturated rings. The van der Waals surface area contributed by atoms with Crippen molar-refractivity contribution in [3.8, 4) is 11.5 Å². The lowest BCUT2D eigenvalue weighted by Gasteiger charge is -2.15. The van der Waals surface area contributed by atoms with Gasteiger partial charge in [0.15, 0.2) is 0 Å². The number of hydrogen-bond donors (Lipinski definition) is 0. The summed E-state index contributed by atoms with van der Waals surface area (Å²) in [5.41, 5.74) is 11.9. The Kier molecular flexibility index (Phi) is 13.5. The van der Waals surface area contributed by atoms with Crippen LogP contribution < -0.4 is 9.47 Å². The van der Waals surface area contributed by atoms with Crippen LogP contribution in [0.5, 0.6) is 11.5 Å².